The maximum absolute atomic E-state index is 12.2. The normalized spacial score (nSPS) is 10.9. The maximum Gasteiger partial charge on any atom is 0.336 e. The maximum atomic E-state index is 12.2. The molecule has 0 fully saturated rings. The number of benzene rings is 2. The van der Waals surface area contributed by atoms with Crippen molar-refractivity contribution in [1.82, 2.24) is 0 Å². The molecule has 2 aromatic rings. The topological polar surface area (TPSA) is 77.8 Å². The molecular weight excluding hydrogens is 370 g/mol. The van der Waals surface area contributed by atoms with Crippen LogP contribution in [0.25, 0.3) is 12.2 Å². The third-order valence-electron chi connectivity index (χ3n) is 3.71. The first-order valence-corrected chi connectivity index (χ1v) is 8.95. The van der Waals surface area contributed by atoms with Crippen LogP contribution >= 0.6 is 0 Å². The van der Waals surface area contributed by atoms with Crippen LogP contribution in [0.1, 0.15) is 25.0 Å². The van der Waals surface area contributed by atoms with E-state index in [2.05, 4.69) is 0 Å². The minimum atomic E-state index is -0.551. The van der Waals surface area contributed by atoms with Crippen LogP contribution in [0, 0.1) is 11.3 Å². The molecule has 0 aliphatic rings. The summed E-state index contributed by atoms with van der Waals surface area (Å²) in [5.41, 5.74) is 1.52. The van der Waals surface area contributed by atoms with Gasteiger partial charge in [0.15, 0.2) is 23.0 Å². The molecule has 0 saturated carbocycles. The molecule has 2 rings (SSSR count). The largest absolute Gasteiger partial charge is 0.493 e. The van der Waals surface area contributed by atoms with Crippen molar-refractivity contribution < 1.29 is 23.7 Å². The van der Waals surface area contributed by atoms with Crippen molar-refractivity contribution in [2.24, 2.45) is 0 Å². The minimum absolute atomic E-state index is 0.0250. The number of esters is 1. The van der Waals surface area contributed by atoms with Gasteiger partial charge in [0.05, 0.1) is 26.4 Å². The number of hydrogen-bond donors (Lipinski definition) is 0. The Morgan fingerprint density at radius 1 is 0.931 bits per heavy atom. The number of methoxy groups -OCH3 is 2. The molecule has 6 heteroatoms. The third kappa shape index (κ3) is 6.43. The number of nitriles is 1. The van der Waals surface area contributed by atoms with Crippen molar-refractivity contribution in [2.45, 2.75) is 20.0 Å². The molecule has 0 atom stereocenters. The molecule has 0 bridgehead atoms. The highest BCUT2D eigenvalue weighted by Crippen LogP contribution is 2.30. The van der Waals surface area contributed by atoms with Gasteiger partial charge in [-0.05, 0) is 61.4 Å². The van der Waals surface area contributed by atoms with Gasteiger partial charge in [0.25, 0.3) is 0 Å². The van der Waals surface area contributed by atoms with E-state index < -0.39 is 5.97 Å². The predicted octanol–water partition coefficient (Wildman–Crippen LogP) is 4.65. The molecule has 0 radical (unpaired) electrons. The van der Waals surface area contributed by atoms with Crippen molar-refractivity contribution in [3.8, 4) is 29.1 Å². The highest BCUT2D eigenvalue weighted by atomic mass is 16.6. The molecule has 0 N–H and O–H groups in total. The van der Waals surface area contributed by atoms with Gasteiger partial charge in [0.2, 0.25) is 0 Å². The molecule has 6 nitrogen and oxygen atoms in total. The van der Waals surface area contributed by atoms with E-state index in [0.717, 1.165) is 11.1 Å². The van der Waals surface area contributed by atoms with Crippen molar-refractivity contribution in [2.75, 3.05) is 14.2 Å². The first-order valence-electron chi connectivity index (χ1n) is 8.95. The summed E-state index contributed by atoms with van der Waals surface area (Å²) in [4.78, 5) is 12.2. The van der Waals surface area contributed by atoms with Crippen molar-refractivity contribution in [3.63, 3.8) is 0 Å². The molecule has 0 aromatic heterocycles. The van der Waals surface area contributed by atoms with Gasteiger partial charge in [-0.3, -0.25) is 0 Å². The number of carbonyl (C=O) groups excluding carboxylic acids is 1. The Morgan fingerprint density at radius 3 is 2.10 bits per heavy atom. The van der Waals surface area contributed by atoms with E-state index in [1.54, 1.807) is 49.6 Å². The lowest BCUT2D eigenvalue weighted by molar-refractivity contribution is -0.129. The van der Waals surface area contributed by atoms with Gasteiger partial charge in [-0.2, -0.15) is 5.26 Å². The molecule has 0 amide bonds. The highest BCUT2D eigenvalue weighted by molar-refractivity contribution is 5.89. The van der Waals surface area contributed by atoms with E-state index >= 15 is 0 Å². The average molecular weight is 393 g/mol. The highest BCUT2D eigenvalue weighted by Gasteiger charge is 2.10. The monoisotopic (exact) mass is 393 g/mol. The number of carbonyl (C=O) groups is 1. The van der Waals surface area contributed by atoms with Crippen LogP contribution in [-0.2, 0) is 4.79 Å². The Kier molecular flexibility index (Phi) is 7.87. The molecule has 0 aliphatic heterocycles. The number of hydrogen-bond acceptors (Lipinski definition) is 6. The summed E-state index contributed by atoms with van der Waals surface area (Å²) in [7, 11) is 3.04. The molecule has 2 aromatic carbocycles. The number of nitrogens with zero attached hydrogens (tertiary/aromatic N) is 1. The SMILES string of the molecule is COc1cc(/C=C\C#N)ccc1OC(=O)/C=C/c1ccc(OC(C)C)c(OC)c1. The first-order chi connectivity index (χ1) is 14.0. The van der Waals surface area contributed by atoms with E-state index in [-0.39, 0.29) is 11.9 Å². The zero-order valence-corrected chi connectivity index (χ0v) is 16.8. The van der Waals surface area contributed by atoms with Crippen LogP contribution < -0.4 is 18.9 Å². The van der Waals surface area contributed by atoms with Gasteiger partial charge in [-0.1, -0.05) is 12.1 Å². The van der Waals surface area contributed by atoms with Crippen LogP contribution in [0.4, 0.5) is 0 Å². The molecule has 0 spiro atoms. The standard InChI is InChI=1S/C23H23NO5/c1-16(2)28-19-10-8-18(15-21(19)26-3)9-12-23(25)29-20-11-7-17(6-5-13-24)14-22(20)27-4/h5-12,14-16H,1-4H3/b6-5-,12-9+. The minimum Gasteiger partial charge on any atom is -0.493 e. The molecular formula is C23H23NO5. The molecule has 150 valence electrons. The summed E-state index contributed by atoms with van der Waals surface area (Å²) < 4.78 is 21.6. The lowest BCUT2D eigenvalue weighted by atomic mass is 10.2. The second-order valence-electron chi connectivity index (χ2n) is 6.20. The quantitative estimate of drug-likeness (QED) is 0.281. The lowest BCUT2D eigenvalue weighted by Crippen LogP contribution is -2.06. The van der Waals surface area contributed by atoms with Crippen LogP contribution in [0.5, 0.6) is 23.0 Å². The zero-order chi connectivity index (χ0) is 21.2. The Bertz CT molecular complexity index is 954. The predicted molar refractivity (Wildman–Crippen MR) is 111 cm³/mol. The van der Waals surface area contributed by atoms with Crippen LogP contribution in [0.3, 0.4) is 0 Å². The molecule has 0 unspecified atom stereocenters. The van der Waals surface area contributed by atoms with E-state index in [9.17, 15) is 4.79 Å². The van der Waals surface area contributed by atoms with Crippen molar-refractivity contribution >= 4 is 18.1 Å². The summed E-state index contributed by atoms with van der Waals surface area (Å²) in [6.07, 6.45) is 5.96. The second kappa shape index (κ2) is 10.6. The van der Waals surface area contributed by atoms with E-state index in [1.165, 1.54) is 19.3 Å². The Balaban J connectivity index is 2.11. The number of ether oxygens (including phenoxy) is 4. The fourth-order valence-electron chi connectivity index (χ4n) is 2.45. The average Bonchev–Trinajstić information content (AvgIpc) is 2.71. The summed E-state index contributed by atoms with van der Waals surface area (Å²) in [5, 5.41) is 8.61. The van der Waals surface area contributed by atoms with Crippen molar-refractivity contribution in [1.29, 1.82) is 5.26 Å². The van der Waals surface area contributed by atoms with Gasteiger partial charge in [0, 0.05) is 12.2 Å². The van der Waals surface area contributed by atoms with Crippen LogP contribution in [-0.4, -0.2) is 26.3 Å². The molecule has 0 saturated heterocycles. The van der Waals surface area contributed by atoms with E-state index in [4.69, 9.17) is 24.2 Å². The summed E-state index contributed by atoms with van der Waals surface area (Å²) in [6, 6.07) is 12.3. The van der Waals surface area contributed by atoms with E-state index in [0.29, 0.717) is 17.2 Å². The lowest BCUT2D eigenvalue weighted by Gasteiger charge is -2.13. The number of rotatable bonds is 8. The van der Waals surface area contributed by atoms with Gasteiger partial charge >= 0.3 is 5.97 Å². The Labute approximate surface area is 170 Å². The molecule has 29 heavy (non-hydrogen) atoms. The van der Waals surface area contributed by atoms with Gasteiger partial charge < -0.3 is 18.9 Å². The van der Waals surface area contributed by atoms with Crippen LogP contribution in [0.2, 0.25) is 0 Å². The summed E-state index contributed by atoms with van der Waals surface area (Å²) in [6.45, 7) is 3.87. The smallest absolute Gasteiger partial charge is 0.336 e. The fraction of sp³-hybridized carbons (Fsp3) is 0.217. The number of allylic oxidation sites excluding steroid dienone is 1. The fourth-order valence-corrected chi connectivity index (χ4v) is 2.45. The first kappa shape index (κ1) is 21.6. The Hall–Kier alpha value is -3.72. The summed E-state index contributed by atoms with van der Waals surface area (Å²) >= 11 is 0. The Morgan fingerprint density at radius 2 is 1.52 bits per heavy atom. The van der Waals surface area contributed by atoms with Gasteiger partial charge in [0.1, 0.15) is 0 Å². The van der Waals surface area contributed by atoms with E-state index in [1.807, 2.05) is 26.0 Å². The third-order valence-corrected chi connectivity index (χ3v) is 3.71. The van der Waals surface area contributed by atoms with Gasteiger partial charge in [-0.25, -0.2) is 4.79 Å². The molecule has 0 heterocycles. The van der Waals surface area contributed by atoms with Gasteiger partial charge in [-0.15, -0.1) is 0 Å². The van der Waals surface area contributed by atoms with Crippen molar-refractivity contribution in [3.05, 3.63) is 59.7 Å². The van der Waals surface area contributed by atoms with Crippen LogP contribution in [0.15, 0.2) is 48.6 Å². The summed E-state index contributed by atoms with van der Waals surface area (Å²) in [5.74, 6) is 1.35. The zero-order valence-electron chi connectivity index (χ0n) is 16.8. The molecule has 0 aliphatic carbocycles. The second-order valence-corrected chi connectivity index (χ2v) is 6.20.